The Morgan fingerprint density at radius 2 is 1.27 bits per heavy atom. The first-order valence-electron chi connectivity index (χ1n) is 15.4. The summed E-state index contributed by atoms with van der Waals surface area (Å²) >= 11 is 0. The molecule has 4 N–H and O–H groups in total. The topological polar surface area (TPSA) is 89.8 Å². The molecule has 208 valence electrons. The quantitative estimate of drug-likeness (QED) is 0.248. The van der Waals surface area contributed by atoms with E-state index in [4.69, 9.17) is 0 Å². The number of benzene rings is 2. The first-order chi connectivity index (χ1) is 19.6. The molecule has 0 spiro atoms. The molecule has 1 fully saturated rings. The summed E-state index contributed by atoms with van der Waals surface area (Å²) in [4.78, 5) is 34.4. The van der Waals surface area contributed by atoms with E-state index in [1.54, 1.807) is 0 Å². The van der Waals surface area contributed by atoms with Crippen LogP contribution in [0, 0.1) is 11.8 Å². The third-order valence-electron chi connectivity index (χ3n) is 9.86. The number of aromatic nitrogens is 2. The molecule has 6 heteroatoms. The lowest BCUT2D eigenvalue weighted by Gasteiger charge is -2.32. The maximum Gasteiger partial charge on any atom is 0.224 e. The van der Waals surface area contributed by atoms with Crippen molar-refractivity contribution in [1.29, 1.82) is 0 Å². The minimum Gasteiger partial charge on any atom is -0.358 e. The normalized spacial score (nSPS) is 22.0. The number of nitrogens with one attached hydrogen (secondary N) is 4. The van der Waals surface area contributed by atoms with E-state index in [9.17, 15) is 9.59 Å². The first-order valence-corrected chi connectivity index (χ1v) is 15.4. The molecule has 2 aromatic carbocycles. The Morgan fingerprint density at radius 3 is 1.88 bits per heavy atom. The van der Waals surface area contributed by atoms with Crippen LogP contribution in [-0.4, -0.2) is 33.9 Å². The van der Waals surface area contributed by atoms with Crippen molar-refractivity contribution in [2.24, 2.45) is 11.8 Å². The largest absolute Gasteiger partial charge is 0.358 e. The van der Waals surface area contributed by atoms with Crippen LogP contribution < -0.4 is 10.6 Å². The number of aryl methyl sites for hydroxylation is 2. The Bertz CT molecular complexity index is 1540. The van der Waals surface area contributed by atoms with Crippen molar-refractivity contribution in [1.82, 2.24) is 20.6 Å². The number of H-pyrrole nitrogens is 2. The zero-order valence-electron chi connectivity index (χ0n) is 23.2. The van der Waals surface area contributed by atoms with Crippen molar-refractivity contribution < 1.29 is 9.59 Å². The number of rotatable bonds is 6. The molecule has 1 saturated carbocycles. The van der Waals surface area contributed by atoms with Crippen LogP contribution in [0.2, 0.25) is 0 Å². The van der Waals surface area contributed by atoms with E-state index in [0.717, 1.165) is 64.2 Å². The second kappa shape index (κ2) is 10.8. The highest BCUT2D eigenvalue weighted by Gasteiger charge is 2.34. The van der Waals surface area contributed by atoms with Crippen molar-refractivity contribution in [2.75, 3.05) is 0 Å². The summed E-state index contributed by atoms with van der Waals surface area (Å²) in [6, 6.07) is 17.1. The fourth-order valence-corrected chi connectivity index (χ4v) is 7.79. The Labute approximate surface area is 235 Å². The van der Waals surface area contributed by atoms with E-state index in [0.29, 0.717) is 12.3 Å². The minimum absolute atomic E-state index is 0.0292. The monoisotopic (exact) mass is 536 g/mol. The van der Waals surface area contributed by atoms with Gasteiger partial charge in [0.2, 0.25) is 11.8 Å². The molecule has 0 bridgehead atoms. The second-order valence-electron chi connectivity index (χ2n) is 12.4. The van der Waals surface area contributed by atoms with Gasteiger partial charge in [0, 0.05) is 57.6 Å². The van der Waals surface area contributed by atoms with E-state index < -0.39 is 0 Å². The molecule has 0 aliphatic heterocycles. The lowest BCUT2D eigenvalue weighted by atomic mass is 9.77. The first kappa shape index (κ1) is 25.4. The molecule has 3 unspecified atom stereocenters. The van der Waals surface area contributed by atoms with Gasteiger partial charge in [-0.25, -0.2) is 0 Å². The van der Waals surface area contributed by atoms with Crippen LogP contribution in [0.5, 0.6) is 0 Å². The van der Waals surface area contributed by atoms with Crippen molar-refractivity contribution in [3.05, 3.63) is 71.0 Å². The average molecular weight is 537 g/mol. The summed E-state index contributed by atoms with van der Waals surface area (Å²) in [6.45, 7) is 0. The molecule has 3 aliphatic carbocycles. The van der Waals surface area contributed by atoms with Gasteiger partial charge in [-0.1, -0.05) is 55.7 Å². The Morgan fingerprint density at radius 1 is 0.725 bits per heavy atom. The molecule has 7 rings (SSSR count). The molecule has 0 radical (unpaired) electrons. The van der Waals surface area contributed by atoms with Gasteiger partial charge < -0.3 is 20.6 Å². The molecule has 0 saturated heterocycles. The van der Waals surface area contributed by atoms with E-state index in [1.807, 2.05) is 0 Å². The summed E-state index contributed by atoms with van der Waals surface area (Å²) < 4.78 is 0. The lowest BCUT2D eigenvalue weighted by Crippen LogP contribution is -2.46. The number of carbonyl (C=O) groups excluding carboxylic acids is 2. The lowest BCUT2D eigenvalue weighted by molar-refractivity contribution is -0.133. The fourth-order valence-electron chi connectivity index (χ4n) is 7.79. The van der Waals surface area contributed by atoms with E-state index in [2.05, 4.69) is 69.1 Å². The van der Waals surface area contributed by atoms with Crippen molar-refractivity contribution in [2.45, 2.75) is 89.1 Å². The summed E-state index contributed by atoms with van der Waals surface area (Å²) in [7, 11) is 0. The van der Waals surface area contributed by atoms with Crippen LogP contribution in [0.3, 0.4) is 0 Å². The molecule has 6 nitrogen and oxygen atoms in total. The summed E-state index contributed by atoms with van der Waals surface area (Å²) in [5, 5.41) is 9.28. The van der Waals surface area contributed by atoms with Gasteiger partial charge in [0.05, 0.1) is 0 Å². The van der Waals surface area contributed by atoms with Gasteiger partial charge in [0.15, 0.2) is 0 Å². The van der Waals surface area contributed by atoms with Crippen LogP contribution in [-0.2, 0) is 35.3 Å². The van der Waals surface area contributed by atoms with E-state index in [-0.39, 0.29) is 29.8 Å². The zero-order valence-corrected chi connectivity index (χ0v) is 23.2. The van der Waals surface area contributed by atoms with Gasteiger partial charge in [0.1, 0.15) is 0 Å². The molecule has 3 aliphatic rings. The highest BCUT2D eigenvalue weighted by molar-refractivity contribution is 5.88. The summed E-state index contributed by atoms with van der Waals surface area (Å²) in [6.07, 6.45) is 11.4. The van der Waals surface area contributed by atoms with Crippen LogP contribution >= 0.6 is 0 Å². The van der Waals surface area contributed by atoms with Gasteiger partial charge in [-0.3, -0.25) is 9.59 Å². The van der Waals surface area contributed by atoms with Gasteiger partial charge in [-0.05, 0) is 80.5 Å². The van der Waals surface area contributed by atoms with Crippen LogP contribution in [0.1, 0.15) is 73.9 Å². The van der Waals surface area contributed by atoms with Gasteiger partial charge in [0.25, 0.3) is 0 Å². The highest BCUT2D eigenvalue weighted by Crippen LogP contribution is 2.34. The molecule has 2 heterocycles. The average Bonchev–Trinajstić information content (AvgIpc) is 3.54. The highest BCUT2D eigenvalue weighted by atomic mass is 16.2. The molecule has 3 atom stereocenters. The van der Waals surface area contributed by atoms with Crippen LogP contribution in [0.25, 0.3) is 21.8 Å². The van der Waals surface area contributed by atoms with E-state index >= 15 is 0 Å². The number of amides is 2. The maximum absolute atomic E-state index is 13.8. The molecule has 40 heavy (non-hydrogen) atoms. The third kappa shape index (κ3) is 4.93. The third-order valence-corrected chi connectivity index (χ3v) is 9.86. The Hall–Kier alpha value is -3.54. The number of hydrogen-bond donors (Lipinski definition) is 4. The summed E-state index contributed by atoms with van der Waals surface area (Å²) in [5.41, 5.74) is 7.64. The summed E-state index contributed by atoms with van der Waals surface area (Å²) in [5.74, 6) is 0.148. The number of hydrogen-bond acceptors (Lipinski definition) is 2. The van der Waals surface area contributed by atoms with Crippen molar-refractivity contribution >= 4 is 33.6 Å². The Balaban J connectivity index is 1.03. The number of para-hydroxylation sites is 2. The molecule has 2 aromatic heterocycles. The van der Waals surface area contributed by atoms with Gasteiger partial charge in [-0.15, -0.1) is 0 Å². The number of aromatic amines is 2. The van der Waals surface area contributed by atoms with Crippen LogP contribution in [0.15, 0.2) is 48.5 Å². The van der Waals surface area contributed by atoms with Crippen molar-refractivity contribution in [3.8, 4) is 0 Å². The smallest absolute Gasteiger partial charge is 0.224 e. The molecule has 2 amide bonds. The zero-order chi connectivity index (χ0) is 27.1. The van der Waals surface area contributed by atoms with Gasteiger partial charge >= 0.3 is 0 Å². The molecular weight excluding hydrogens is 496 g/mol. The molecular formula is C34H40N4O2. The number of carbonyl (C=O) groups is 2. The fraction of sp³-hybridized carbons (Fsp3) is 0.471. The van der Waals surface area contributed by atoms with Crippen LogP contribution in [0.4, 0.5) is 0 Å². The maximum atomic E-state index is 13.8. The number of fused-ring (bicyclic) bond motifs is 6. The second-order valence-corrected chi connectivity index (χ2v) is 12.4. The predicted molar refractivity (Wildman–Crippen MR) is 159 cm³/mol. The van der Waals surface area contributed by atoms with Gasteiger partial charge in [-0.2, -0.15) is 0 Å². The van der Waals surface area contributed by atoms with Crippen molar-refractivity contribution in [3.63, 3.8) is 0 Å². The minimum atomic E-state index is -0.253. The Kier molecular flexibility index (Phi) is 6.86. The standard InChI is InChI=1S/C34H40N4O2/c39-33(35-22-14-16-31-27(18-22)24-10-4-6-12-29(24)37-31)20-26(21-8-2-1-3-9-21)34(40)36-23-15-17-32-28(19-23)25-11-5-7-13-30(25)38-32/h4-7,10-13,21-23,26,37-38H,1-3,8-9,14-20H2,(H,35,39)(H,36,40). The molecule has 4 aromatic rings. The predicted octanol–water partition coefficient (Wildman–Crippen LogP) is 5.88. The SMILES string of the molecule is O=C(CC(C(=O)NC1CCc2[nH]c3ccccc3c2C1)C1CCCCC1)NC1CCc2[nH]c3ccccc3c2C1. The van der Waals surface area contributed by atoms with E-state index in [1.165, 1.54) is 50.7 Å².